The van der Waals surface area contributed by atoms with Gasteiger partial charge in [0.05, 0.1) is 5.69 Å². The standard InChI is InChI=1S/C14H13NO3/c1-10-14(17-11(2)16)13(8-9-15-10)18-12-6-4-3-5-7-12/h3-9H,1-2H3. The van der Waals surface area contributed by atoms with Gasteiger partial charge in [0.2, 0.25) is 0 Å². The molecule has 0 saturated heterocycles. The third-order valence-electron chi connectivity index (χ3n) is 2.26. The number of para-hydroxylation sites is 1. The number of pyridine rings is 1. The second-order valence-corrected chi connectivity index (χ2v) is 3.73. The van der Waals surface area contributed by atoms with Crippen LogP contribution in [-0.4, -0.2) is 11.0 Å². The first-order valence-electron chi connectivity index (χ1n) is 5.54. The Morgan fingerprint density at radius 2 is 1.89 bits per heavy atom. The van der Waals surface area contributed by atoms with Crippen molar-refractivity contribution in [3.05, 3.63) is 48.3 Å². The SMILES string of the molecule is CC(=O)Oc1c(Oc2ccccc2)ccnc1C. The van der Waals surface area contributed by atoms with Crippen molar-refractivity contribution in [1.82, 2.24) is 4.98 Å². The molecule has 0 radical (unpaired) electrons. The number of hydrogen-bond acceptors (Lipinski definition) is 4. The number of benzene rings is 1. The maximum absolute atomic E-state index is 11.1. The van der Waals surface area contributed by atoms with Gasteiger partial charge in [0, 0.05) is 19.2 Å². The van der Waals surface area contributed by atoms with Crippen molar-refractivity contribution in [2.45, 2.75) is 13.8 Å². The molecule has 1 heterocycles. The fraction of sp³-hybridized carbons (Fsp3) is 0.143. The first-order chi connectivity index (χ1) is 8.66. The number of esters is 1. The van der Waals surface area contributed by atoms with Crippen LogP contribution >= 0.6 is 0 Å². The van der Waals surface area contributed by atoms with Crippen LogP contribution in [-0.2, 0) is 4.79 Å². The highest BCUT2D eigenvalue weighted by atomic mass is 16.6. The van der Waals surface area contributed by atoms with E-state index >= 15 is 0 Å². The summed E-state index contributed by atoms with van der Waals surface area (Å²) < 4.78 is 10.8. The molecular formula is C14H13NO3. The van der Waals surface area contributed by atoms with Crippen LogP contribution in [0.15, 0.2) is 42.6 Å². The lowest BCUT2D eigenvalue weighted by molar-refractivity contribution is -0.132. The van der Waals surface area contributed by atoms with E-state index in [0.717, 1.165) is 0 Å². The lowest BCUT2D eigenvalue weighted by Crippen LogP contribution is -2.05. The minimum absolute atomic E-state index is 0.355. The molecule has 0 aliphatic carbocycles. The number of hydrogen-bond donors (Lipinski definition) is 0. The number of nitrogens with zero attached hydrogens (tertiary/aromatic N) is 1. The van der Waals surface area contributed by atoms with Gasteiger partial charge in [0.15, 0.2) is 11.5 Å². The van der Waals surface area contributed by atoms with Crippen molar-refractivity contribution < 1.29 is 14.3 Å². The maximum Gasteiger partial charge on any atom is 0.308 e. The van der Waals surface area contributed by atoms with Crippen LogP contribution in [0.1, 0.15) is 12.6 Å². The van der Waals surface area contributed by atoms with Crippen molar-refractivity contribution in [3.8, 4) is 17.2 Å². The normalized spacial score (nSPS) is 9.89. The molecule has 0 N–H and O–H groups in total. The van der Waals surface area contributed by atoms with E-state index in [-0.39, 0.29) is 0 Å². The Kier molecular flexibility index (Phi) is 3.57. The minimum Gasteiger partial charge on any atom is -0.453 e. The summed E-state index contributed by atoms with van der Waals surface area (Å²) in [5.41, 5.74) is 0.610. The molecule has 2 aromatic rings. The van der Waals surface area contributed by atoms with Gasteiger partial charge in [0.25, 0.3) is 0 Å². The van der Waals surface area contributed by atoms with Crippen LogP contribution in [0, 0.1) is 6.92 Å². The average Bonchev–Trinajstić information content (AvgIpc) is 2.34. The molecule has 18 heavy (non-hydrogen) atoms. The van der Waals surface area contributed by atoms with Gasteiger partial charge in [0.1, 0.15) is 5.75 Å². The number of aryl methyl sites for hydroxylation is 1. The molecule has 4 nitrogen and oxygen atoms in total. The summed E-state index contributed by atoms with van der Waals surface area (Å²) in [7, 11) is 0. The smallest absolute Gasteiger partial charge is 0.308 e. The van der Waals surface area contributed by atoms with E-state index in [1.807, 2.05) is 30.3 Å². The predicted octanol–water partition coefficient (Wildman–Crippen LogP) is 3.11. The summed E-state index contributed by atoms with van der Waals surface area (Å²) in [4.78, 5) is 15.1. The Bertz CT molecular complexity index is 552. The zero-order chi connectivity index (χ0) is 13.0. The van der Waals surface area contributed by atoms with Crippen molar-refractivity contribution in [2.75, 3.05) is 0 Å². The van der Waals surface area contributed by atoms with Crippen molar-refractivity contribution in [1.29, 1.82) is 0 Å². The molecule has 4 heteroatoms. The summed E-state index contributed by atoms with van der Waals surface area (Å²) in [6, 6.07) is 11.0. The number of ether oxygens (including phenoxy) is 2. The number of rotatable bonds is 3. The predicted molar refractivity (Wildman–Crippen MR) is 66.8 cm³/mol. The Labute approximate surface area is 105 Å². The fourth-order valence-electron chi connectivity index (χ4n) is 1.49. The van der Waals surface area contributed by atoms with E-state index < -0.39 is 5.97 Å². The van der Waals surface area contributed by atoms with E-state index in [0.29, 0.717) is 22.9 Å². The van der Waals surface area contributed by atoms with Gasteiger partial charge in [-0.25, -0.2) is 0 Å². The topological polar surface area (TPSA) is 48.4 Å². The summed E-state index contributed by atoms with van der Waals surface area (Å²) >= 11 is 0. The van der Waals surface area contributed by atoms with E-state index in [1.165, 1.54) is 6.92 Å². The summed E-state index contributed by atoms with van der Waals surface area (Å²) in [5.74, 6) is 1.11. The van der Waals surface area contributed by atoms with Gasteiger partial charge >= 0.3 is 5.97 Å². The van der Waals surface area contributed by atoms with Crippen molar-refractivity contribution in [3.63, 3.8) is 0 Å². The molecule has 0 bridgehead atoms. The molecule has 0 fully saturated rings. The molecule has 0 aliphatic rings. The minimum atomic E-state index is -0.399. The first kappa shape index (κ1) is 12.1. The Hall–Kier alpha value is -2.36. The molecular weight excluding hydrogens is 230 g/mol. The summed E-state index contributed by atoms with van der Waals surface area (Å²) in [5, 5.41) is 0. The van der Waals surface area contributed by atoms with Crippen LogP contribution in [0.4, 0.5) is 0 Å². The van der Waals surface area contributed by atoms with Gasteiger partial charge in [-0.15, -0.1) is 0 Å². The van der Waals surface area contributed by atoms with Crippen LogP contribution in [0.5, 0.6) is 17.2 Å². The first-order valence-corrected chi connectivity index (χ1v) is 5.54. The summed E-state index contributed by atoms with van der Waals surface area (Å²) in [6.07, 6.45) is 1.61. The van der Waals surface area contributed by atoms with Crippen LogP contribution in [0.2, 0.25) is 0 Å². The van der Waals surface area contributed by atoms with Crippen LogP contribution in [0.3, 0.4) is 0 Å². The zero-order valence-electron chi connectivity index (χ0n) is 10.2. The van der Waals surface area contributed by atoms with Crippen LogP contribution < -0.4 is 9.47 Å². The lowest BCUT2D eigenvalue weighted by atomic mass is 10.3. The van der Waals surface area contributed by atoms with E-state index in [9.17, 15) is 4.79 Å². The van der Waals surface area contributed by atoms with Gasteiger partial charge in [-0.05, 0) is 19.1 Å². The molecule has 0 saturated carbocycles. The molecule has 0 atom stereocenters. The lowest BCUT2D eigenvalue weighted by Gasteiger charge is -2.11. The third kappa shape index (κ3) is 2.85. The maximum atomic E-state index is 11.1. The molecule has 92 valence electrons. The molecule has 0 spiro atoms. The van der Waals surface area contributed by atoms with Crippen molar-refractivity contribution >= 4 is 5.97 Å². The highest BCUT2D eigenvalue weighted by Crippen LogP contribution is 2.33. The van der Waals surface area contributed by atoms with E-state index in [2.05, 4.69) is 4.98 Å². The molecule has 1 aromatic heterocycles. The second-order valence-electron chi connectivity index (χ2n) is 3.73. The second kappa shape index (κ2) is 5.31. The monoisotopic (exact) mass is 243 g/mol. The molecule has 0 aliphatic heterocycles. The highest BCUT2D eigenvalue weighted by Gasteiger charge is 2.12. The van der Waals surface area contributed by atoms with Crippen LogP contribution in [0.25, 0.3) is 0 Å². The van der Waals surface area contributed by atoms with E-state index in [1.54, 1.807) is 19.2 Å². The zero-order valence-corrected chi connectivity index (χ0v) is 10.2. The summed E-state index contributed by atoms with van der Waals surface area (Å²) in [6.45, 7) is 3.11. The fourth-order valence-corrected chi connectivity index (χ4v) is 1.49. The third-order valence-corrected chi connectivity index (χ3v) is 2.26. The molecule has 0 amide bonds. The van der Waals surface area contributed by atoms with E-state index in [4.69, 9.17) is 9.47 Å². The van der Waals surface area contributed by atoms with Crippen molar-refractivity contribution in [2.24, 2.45) is 0 Å². The quantitative estimate of drug-likeness (QED) is 0.777. The van der Waals surface area contributed by atoms with Gasteiger partial charge in [-0.2, -0.15) is 0 Å². The number of carbonyl (C=O) groups excluding carboxylic acids is 1. The van der Waals surface area contributed by atoms with Gasteiger partial charge in [-0.3, -0.25) is 9.78 Å². The van der Waals surface area contributed by atoms with Gasteiger partial charge < -0.3 is 9.47 Å². The van der Waals surface area contributed by atoms with Gasteiger partial charge in [-0.1, -0.05) is 18.2 Å². The number of carbonyl (C=O) groups is 1. The molecule has 0 unspecified atom stereocenters. The molecule has 1 aromatic carbocycles. The average molecular weight is 243 g/mol. The largest absolute Gasteiger partial charge is 0.453 e. The Morgan fingerprint density at radius 1 is 1.17 bits per heavy atom. The Morgan fingerprint density at radius 3 is 2.56 bits per heavy atom. The molecule has 2 rings (SSSR count). The number of aromatic nitrogens is 1. The Balaban J connectivity index is 2.32. The highest BCUT2D eigenvalue weighted by molar-refractivity contribution is 5.70.